The van der Waals surface area contributed by atoms with Crippen molar-refractivity contribution in [3.63, 3.8) is 0 Å². The van der Waals surface area contributed by atoms with Crippen LogP contribution in [0.25, 0.3) is 0 Å². The summed E-state index contributed by atoms with van der Waals surface area (Å²) in [7, 11) is 0. The highest BCUT2D eigenvalue weighted by molar-refractivity contribution is 5.66. The molecule has 0 aromatic rings. The third kappa shape index (κ3) is 1.97. The van der Waals surface area contributed by atoms with Crippen LogP contribution >= 0.6 is 0 Å². The molecule has 16 heavy (non-hydrogen) atoms. The molecular weight excluding hydrogens is 204 g/mol. The van der Waals surface area contributed by atoms with Crippen LogP contribution in [0, 0.1) is 11.3 Å². The molecule has 2 aliphatic rings. The first-order valence-corrected chi connectivity index (χ1v) is 6.39. The number of rotatable bonds is 1. The zero-order chi connectivity index (χ0) is 11.8. The van der Waals surface area contributed by atoms with Gasteiger partial charge in [-0.15, -0.1) is 0 Å². The monoisotopic (exact) mass is 226 g/mol. The lowest BCUT2D eigenvalue weighted by molar-refractivity contribution is -0.166. The minimum atomic E-state index is -0.218. The molecule has 0 heterocycles. The third-order valence-corrected chi connectivity index (χ3v) is 4.57. The summed E-state index contributed by atoms with van der Waals surface area (Å²) in [5.41, 5.74) is -0.0311. The quantitative estimate of drug-likeness (QED) is 0.698. The summed E-state index contributed by atoms with van der Waals surface area (Å²) in [5, 5.41) is 10.2. The largest absolute Gasteiger partial charge is 0.462 e. The van der Waals surface area contributed by atoms with E-state index in [2.05, 4.69) is 6.92 Å². The van der Waals surface area contributed by atoms with Crippen molar-refractivity contribution in [2.45, 2.75) is 64.6 Å². The van der Waals surface area contributed by atoms with Crippen LogP contribution in [-0.2, 0) is 9.53 Å². The van der Waals surface area contributed by atoms with E-state index in [-0.39, 0.29) is 23.6 Å². The number of carbonyl (C=O) groups excluding carboxylic acids is 1. The van der Waals surface area contributed by atoms with E-state index < -0.39 is 0 Å². The maximum Gasteiger partial charge on any atom is 0.302 e. The number of hydrogen-bond donors (Lipinski definition) is 1. The summed E-state index contributed by atoms with van der Waals surface area (Å²) in [5.74, 6) is 0.170. The van der Waals surface area contributed by atoms with E-state index >= 15 is 0 Å². The fraction of sp³-hybridized carbons (Fsp3) is 0.923. The molecule has 0 radical (unpaired) electrons. The predicted octanol–water partition coefficient (Wildman–Crippen LogP) is 2.27. The van der Waals surface area contributed by atoms with Crippen molar-refractivity contribution in [3.05, 3.63) is 0 Å². The summed E-state index contributed by atoms with van der Waals surface area (Å²) in [6.07, 6.45) is 5.95. The average Bonchev–Trinajstić information content (AvgIpc) is 2.20. The molecule has 0 amide bonds. The standard InChI is InChI=1S/C13H22O3/c1-9(14)16-11-6-4-8-13(2)10(11)5-3-7-12(13)15/h10-12,15H,3-8H2,1-2H3/t10?,11-,12?,13-/m0/s1. The number of esters is 1. The van der Waals surface area contributed by atoms with Gasteiger partial charge in [0.1, 0.15) is 6.10 Å². The van der Waals surface area contributed by atoms with E-state index in [9.17, 15) is 9.90 Å². The molecule has 0 saturated heterocycles. The lowest BCUT2D eigenvalue weighted by Crippen LogP contribution is -2.51. The van der Waals surface area contributed by atoms with E-state index in [0.717, 1.165) is 38.5 Å². The van der Waals surface area contributed by atoms with Crippen molar-refractivity contribution in [1.29, 1.82) is 0 Å². The van der Waals surface area contributed by atoms with Crippen LogP contribution in [0.2, 0.25) is 0 Å². The van der Waals surface area contributed by atoms with Gasteiger partial charge in [0.15, 0.2) is 0 Å². The first-order valence-electron chi connectivity index (χ1n) is 6.39. The number of ether oxygens (including phenoxy) is 1. The molecule has 3 nitrogen and oxygen atoms in total. The molecule has 3 heteroatoms. The van der Waals surface area contributed by atoms with Gasteiger partial charge >= 0.3 is 5.97 Å². The minimum Gasteiger partial charge on any atom is -0.462 e. The van der Waals surface area contributed by atoms with Crippen molar-refractivity contribution < 1.29 is 14.6 Å². The van der Waals surface area contributed by atoms with Crippen LogP contribution in [0.4, 0.5) is 0 Å². The van der Waals surface area contributed by atoms with Crippen LogP contribution in [0.15, 0.2) is 0 Å². The van der Waals surface area contributed by atoms with Gasteiger partial charge in [-0.3, -0.25) is 4.79 Å². The lowest BCUT2D eigenvalue weighted by Gasteiger charge is -2.51. The normalized spacial score (nSPS) is 43.6. The van der Waals surface area contributed by atoms with Gasteiger partial charge in [0.2, 0.25) is 0 Å². The van der Waals surface area contributed by atoms with Gasteiger partial charge in [0.05, 0.1) is 6.10 Å². The molecule has 2 saturated carbocycles. The van der Waals surface area contributed by atoms with E-state index in [4.69, 9.17) is 4.74 Å². The van der Waals surface area contributed by atoms with Gasteiger partial charge < -0.3 is 9.84 Å². The van der Waals surface area contributed by atoms with Gasteiger partial charge in [-0.2, -0.15) is 0 Å². The van der Waals surface area contributed by atoms with Crippen LogP contribution < -0.4 is 0 Å². The molecule has 0 bridgehead atoms. The summed E-state index contributed by atoms with van der Waals surface area (Å²) in [6, 6.07) is 0. The second kappa shape index (κ2) is 4.36. The maximum atomic E-state index is 11.1. The van der Waals surface area contributed by atoms with Crippen LogP contribution in [0.1, 0.15) is 52.4 Å². The molecule has 0 aromatic carbocycles. The zero-order valence-electron chi connectivity index (χ0n) is 10.2. The molecule has 1 N–H and O–H groups in total. The summed E-state index contributed by atoms with van der Waals surface area (Å²) in [4.78, 5) is 11.1. The molecule has 2 unspecified atom stereocenters. The first kappa shape index (κ1) is 11.9. The first-order chi connectivity index (χ1) is 7.54. The van der Waals surface area contributed by atoms with Crippen molar-refractivity contribution in [1.82, 2.24) is 0 Å². The highest BCUT2D eigenvalue weighted by Gasteiger charge is 2.49. The van der Waals surface area contributed by atoms with E-state index in [1.54, 1.807) is 0 Å². The molecule has 0 spiro atoms. The Morgan fingerprint density at radius 3 is 2.75 bits per heavy atom. The second-order valence-electron chi connectivity index (χ2n) is 5.60. The molecule has 2 aliphatic carbocycles. The Hall–Kier alpha value is -0.570. The van der Waals surface area contributed by atoms with Crippen LogP contribution in [0.3, 0.4) is 0 Å². The highest BCUT2D eigenvalue weighted by atomic mass is 16.5. The lowest BCUT2D eigenvalue weighted by atomic mass is 9.58. The number of hydrogen-bond acceptors (Lipinski definition) is 3. The molecule has 4 atom stereocenters. The Bertz CT molecular complexity index is 276. The Kier molecular flexibility index (Phi) is 3.24. The van der Waals surface area contributed by atoms with Gasteiger partial charge in [-0.1, -0.05) is 13.3 Å². The highest BCUT2D eigenvalue weighted by Crippen LogP contribution is 2.51. The molecule has 0 aliphatic heterocycles. The van der Waals surface area contributed by atoms with Crippen LogP contribution in [-0.4, -0.2) is 23.3 Å². The third-order valence-electron chi connectivity index (χ3n) is 4.57. The summed E-state index contributed by atoms with van der Waals surface area (Å²) < 4.78 is 5.42. The number of aliphatic hydroxyl groups is 1. The van der Waals surface area contributed by atoms with Crippen molar-refractivity contribution in [2.24, 2.45) is 11.3 Å². The predicted molar refractivity (Wildman–Crippen MR) is 60.9 cm³/mol. The average molecular weight is 226 g/mol. The van der Waals surface area contributed by atoms with Crippen molar-refractivity contribution >= 4 is 5.97 Å². The fourth-order valence-electron chi connectivity index (χ4n) is 3.64. The van der Waals surface area contributed by atoms with E-state index in [1.807, 2.05) is 0 Å². The Morgan fingerprint density at radius 1 is 1.31 bits per heavy atom. The van der Waals surface area contributed by atoms with Gasteiger partial charge in [0, 0.05) is 12.8 Å². The van der Waals surface area contributed by atoms with Gasteiger partial charge in [-0.25, -0.2) is 0 Å². The van der Waals surface area contributed by atoms with Crippen molar-refractivity contribution in [3.8, 4) is 0 Å². The Morgan fingerprint density at radius 2 is 2.06 bits per heavy atom. The summed E-state index contributed by atoms with van der Waals surface area (Å²) in [6.45, 7) is 3.64. The van der Waals surface area contributed by atoms with Gasteiger partial charge in [-0.05, 0) is 37.5 Å². The molecule has 2 rings (SSSR count). The zero-order valence-corrected chi connectivity index (χ0v) is 10.2. The Balaban J connectivity index is 2.15. The number of fused-ring (bicyclic) bond motifs is 1. The number of carbonyl (C=O) groups is 1. The summed E-state index contributed by atoms with van der Waals surface area (Å²) >= 11 is 0. The SMILES string of the molecule is CC(=O)O[C@H]1CCC[C@]2(C)C(O)CCCC12. The maximum absolute atomic E-state index is 11.1. The molecule has 0 aromatic heterocycles. The van der Waals surface area contributed by atoms with Crippen molar-refractivity contribution in [2.75, 3.05) is 0 Å². The topological polar surface area (TPSA) is 46.5 Å². The minimum absolute atomic E-state index is 0.0311. The number of aliphatic hydroxyl groups excluding tert-OH is 1. The van der Waals surface area contributed by atoms with Gasteiger partial charge in [0.25, 0.3) is 0 Å². The second-order valence-corrected chi connectivity index (χ2v) is 5.60. The smallest absolute Gasteiger partial charge is 0.302 e. The van der Waals surface area contributed by atoms with E-state index in [1.165, 1.54) is 6.92 Å². The molecule has 92 valence electrons. The van der Waals surface area contributed by atoms with E-state index in [0.29, 0.717) is 5.92 Å². The molecular formula is C13H22O3. The molecule has 2 fully saturated rings. The fourth-order valence-corrected chi connectivity index (χ4v) is 3.64. The Labute approximate surface area is 97.2 Å². The van der Waals surface area contributed by atoms with Crippen LogP contribution in [0.5, 0.6) is 0 Å².